The quantitative estimate of drug-likeness (QED) is 0.536. The third kappa shape index (κ3) is 3.58. The normalized spacial score (nSPS) is 10.8. The molecule has 2 heterocycles. The molecular formula is C23H18FN5O3. The SMILES string of the molecule is Cc1cc2c(c(=O)n(-c3ccc(F)cc3)c(=O)n2CC(=O)Nc2cccc(C#N)c2)n1C. The number of aryl methyl sites for hydroxylation is 2. The maximum atomic E-state index is 13.4. The molecule has 0 saturated carbocycles. The molecule has 160 valence electrons. The number of fused-ring (bicyclic) bond motifs is 1. The fourth-order valence-corrected chi connectivity index (χ4v) is 3.57. The van der Waals surface area contributed by atoms with Crippen LogP contribution in [0.25, 0.3) is 16.7 Å². The van der Waals surface area contributed by atoms with Crippen molar-refractivity contribution in [1.29, 1.82) is 5.26 Å². The minimum atomic E-state index is -0.722. The molecule has 9 heteroatoms. The summed E-state index contributed by atoms with van der Waals surface area (Å²) in [4.78, 5) is 39.2. The number of nitrogens with zero attached hydrogens (tertiary/aromatic N) is 4. The van der Waals surface area contributed by atoms with Gasteiger partial charge in [-0.2, -0.15) is 5.26 Å². The van der Waals surface area contributed by atoms with Gasteiger partial charge in [0, 0.05) is 18.4 Å². The molecule has 0 fully saturated rings. The summed E-state index contributed by atoms with van der Waals surface area (Å²) in [5, 5.41) is 11.7. The minimum absolute atomic E-state index is 0.193. The van der Waals surface area contributed by atoms with Gasteiger partial charge in [-0.1, -0.05) is 6.07 Å². The maximum absolute atomic E-state index is 13.4. The minimum Gasteiger partial charge on any atom is -0.342 e. The van der Waals surface area contributed by atoms with Gasteiger partial charge in [0.25, 0.3) is 5.56 Å². The van der Waals surface area contributed by atoms with Crippen LogP contribution in [-0.2, 0) is 18.4 Å². The molecule has 0 saturated heterocycles. The van der Waals surface area contributed by atoms with E-state index in [0.717, 1.165) is 22.4 Å². The summed E-state index contributed by atoms with van der Waals surface area (Å²) >= 11 is 0. The van der Waals surface area contributed by atoms with E-state index in [4.69, 9.17) is 5.26 Å². The lowest BCUT2D eigenvalue weighted by atomic mass is 10.2. The van der Waals surface area contributed by atoms with Crippen molar-refractivity contribution in [2.75, 3.05) is 5.32 Å². The molecule has 32 heavy (non-hydrogen) atoms. The molecule has 0 radical (unpaired) electrons. The molecule has 2 aromatic heterocycles. The van der Waals surface area contributed by atoms with Crippen LogP contribution in [0.15, 0.2) is 64.2 Å². The lowest BCUT2D eigenvalue weighted by Gasteiger charge is -2.13. The maximum Gasteiger partial charge on any atom is 0.336 e. The summed E-state index contributed by atoms with van der Waals surface area (Å²) in [6, 6.07) is 15.0. The summed E-state index contributed by atoms with van der Waals surface area (Å²) in [5.41, 5.74) is 0.985. The predicted octanol–water partition coefficient (Wildman–Crippen LogP) is 2.45. The Morgan fingerprint density at radius 2 is 1.84 bits per heavy atom. The Hall–Kier alpha value is -4.45. The van der Waals surface area contributed by atoms with Crippen LogP contribution in [0.5, 0.6) is 0 Å². The van der Waals surface area contributed by atoms with Crippen molar-refractivity contribution >= 4 is 22.6 Å². The molecule has 0 bridgehead atoms. The van der Waals surface area contributed by atoms with E-state index in [1.807, 2.05) is 6.07 Å². The fraction of sp³-hybridized carbons (Fsp3) is 0.130. The molecule has 0 spiro atoms. The topological polar surface area (TPSA) is 102 Å². The molecule has 0 atom stereocenters. The van der Waals surface area contributed by atoms with Crippen molar-refractivity contribution in [1.82, 2.24) is 13.7 Å². The van der Waals surface area contributed by atoms with Gasteiger partial charge >= 0.3 is 5.69 Å². The summed E-state index contributed by atoms with van der Waals surface area (Å²) in [7, 11) is 1.69. The molecule has 4 rings (SSSR count). The predicted molar refractivity (Wildman–Crippen MR) is 117 cm³/mol. The van der Waals surface area contributed by atoms with Gasteiger partial charge in [0.15, 0.2) is 0 Å². The number of nitrogens with one attached hydrogen (secondary N) is 1. The van der Waals surface area contributed by atoms with E-state index in [2.05, 4.69) is 5.32 Å². The van der Waals surface area contributed by atoms with Crippen LogP contribution < -0.4 is 16.6 Å². The standard InChI is InChI=1S/C23H18FN5O3/c1-14-10-19-21(27(14)2)22(31)29(18-8-6-16(24)7-9-18)23(32)28(19)13-20(30)26-17-5-3-4-15(11-17)12-25/h3-11H,13H2,1-2H3,(H,26,30). The van der Waals surface area contributed by atoms with Gasteiger partial charge in [-0.25, -0.2) is 13.8 Å². The number of nitriles is 1. The van der Waals surface area contributed by atoms with Crippen LogP contribution in [0.1, 0.15) is 11.3 Å². The van der Waals surface area contributed by atoms with Crippen molar-refractivity contribution in [3.8, 4) is 11.8 Å². The number of carbonyl (C=O) groups excluding carboxylic acids is 1. The van der Waals surface area contributed by atoms with E-state index >= 15 is 0 Å². The average Bonchev–Trinajstić information content (AvgIpc) is 3.07. The highest BCUT2D eigenvalue weighted by atomic mass is 19.1. The van der Waals surface area contributed by atoms with Gasteiger partial charge in [0.1, 0.15) is 17.9 Å². The first kappa shape index (κ1) is 20.8. The molecule has 4 aromatic rings. The van der Waals surface area contributed by atoms with Crippen molar-refractivity contribution in [3.63, 3.8) is 0 Å². The Bertz CT molecular complexity index is 1520. The lowest BCUT2D eigenvalue weighted by molar-refractivity contribution is -0.116. The molecule has 0 aliphatic heterocycles. The number of hydrogen-bond donors (Lipinski definition) is 1. The van der Waals surface area contributed by atoms with E-state index in [0.29, 0.717) is 16.8 Å². The number of halogens is 1. The number of carbonyl (C=O) groups is 1. The van der Waals surface area contributed by atoms with E-state index in [9.17, 15) is 18.8 Å². The van der Waals surface area contributed by atoms with Gasteiger partial charge in [-0.05, 0) is 55.5 Å². The molecule has 1 N–H and O–H groups in total. The second-order valence-corrected chi connectivity index (χ2v) is 7.31. The zero-order valence-electron chi connectivity index (χ0n) is 17.3. The third-order valence-corrected chi connectivity index (χ3v) is 5.23. The van der Waals surface area contributed by atoms with E-state index in [1.54, 1.807) is 42.8 Å². The molecule has 0 aliphatic rings. The zero-order valence-corrected chi connectivity index (χ0v) is 17.3. The summed E-state index contributed by atoms with van der Waals surface area (Å²) in [6.07, 6.45) is 0. The van der Waals surface area contributed by atoms with Gasteiger partial charge in [0.05, 0.1) is 22.8 Å². The molecular weight excluding hydrogens is 413 g/mol. The van der Waals surface area contributed by atoms with Crippen LogP contribution in [-0.4, -0.2) is 19.6 Å². The van der Waals surface area contributed by atoms with E-state index < -0.39 is 23.0 Å². The summed E-state index contributed by atoms with van der Waals surface area (Å²) in [6.45, 7) is 1.42. The summed E-state index contributed by atoms with van der Waals surface area (Å²) in [5.74, 6) is -1.01. The third-order valence-electron chi connectivity index (χ3n) is 5.23. The second-order valence-electron chi connectivity index (χ2n) is 7.31. The Labute approximate surface area is 181 Å². The lowest BCUT2D eigenvalue weighted by Crippen LogP contribution is -2.41. The van der Waals surface area contributed by atoms with Gasteiger partial charge in [-0.15, -0.1) is 0 Å². The largest absolute Gasteiger partial charge is 0.342 e. The fourth-order valence-electron chi connectivity index (χ4n) is 3.57. The van der Waals surface area contributed by atoms with Crippen LogP contribution in [0.2, 0.25) is 0 Å². The van der Waals surface area contributed by atoms with Gasteiger partial charge < -0.3 is 9.88 Å². The van der Waals surface area contributed by atoms with Crippen molar-refractivity contribution < 1.29 is 9.18 Å². The first-order valence-electron chi connectivity index (χ1n) is 9.68. The highest BCUT2D eigenvalue weighted by molar-refractivity contribution is 5.91. The van der Waals surface area contributed by atoms with Gasteiger partial charge in [-0.3, -0.25) is 14.2 Å². The Balaban J connectivity index is 1.85. The van der Waals surface area contributed by atoms with Crippen LogP contribution in [0, 0.1) is 24.1 Å². The number of hydrogen-bond acceptors (Lipinski definition) is 4. The zero-order chi connectivity index (χ0) is 23.0. The average molecular weight is 431 g/mol. The highest BCUT2D eigenvalue weighted by Gasteiger charge is 2.20. The van der Waals surface area contributed by atoms with Crippen LogP contribution in [0.3, 0.4) is 0 Å². The van der Waals surface area contributed by atoms with Crippen molar-refractivity contribution in [2.45, 2.75) is 13.5 Å². The number of anilines is 1. The van der Waals surface area contributed by atoms with E-state index in [-0.39, 0.29) is 17.7 Å². The monoisotopic (exact) mass is 431 g/mol. The van der Waals surface area contributed by atoms with Crippen LogP contribution in [0.4, 0.5) is 10.1 Å². The smallest absolute Gasteiger partial charge is 0.336 e. The van der Waals surface area contributed by atoms with Crippen molar-refractivity contribution in [2.24, 2.45) is 7.05 Å². The Morgan fingerprint density at radius 3 is 2.53 bits per heavy atom. The van der Waals surface area contributed by atoms with Crippen molar-refractivity contribution in [3.05, 3.63) is 92.5 Å². The number of benzene rings is 2. The Morgan fingerprint density at radius 1 is 1.12 bits per heavy atom. The van der Waals surface area contributed by atoms with E-state index in [1.165, 1.54) is 22.8 Å². The molecule has 0 aliphatic carbocycles. The Kier molecular flexibility index (Phi) is 5.20. The highest BCUT2D eigenvalue weighted by Crippen LogP contribution is 2.16. The first-order valence-corrected chi connectivity index (χ1v) is 9.68. The molecule has 1 amide bonds. The van der Waals surface area contributed by atoms with Crippen LogP contribution >= 0.6 is 0 Å². The number of aromatic nitrogens is 3. The summed E-state index contributed by atoms with van der Waals surface area (Å²) < 4.78 is 17.2. The number of rotatable bonds is 4. The first-order chi connectivity index (χ1) is 15.3. The molecule has 8 nitrogen and oxygen atoms in total. The molecule has 2 aromatic carbocycles. The molecule has 0 unspecified atom stereocenters. The second kappa shape index (κ2) is 8.00. The van der Waals surface area contributed by atoms with Gasteiger partial charge in [0.2, 0.25) is 5.91 Å². The number of amides is 1.